The molecule has 0 spiro atoms. The van der Waals surface area contributed by atoms with Crippen LogP contribution in [0.4, 0.5) is 0 Å². The van der Waals surface area contributed by atoms with Gasteiger partial charge in [0.2, 0.25) is 5.91 Å². The highest BCUT2D eigenvalue weighted by Gasteiger charge is 2.15. The summed E-state index contributed by atoms with van der Waals surface area (Å²) in [6.07, 6.45) is 3.99. The first-order valence-electron chi connectivity index (χ1n) is 6.56. The van der Waals surface area contributed by atoms with Crippen LogP contribution >= 0.6 is 0 Å². The Balaban J connectivity index is 1.94. The predicted octanol–water partition coefficient (Wildman–Crippen LogP) is 2.52. The van der Waals surface area contributed by atoms with E-state index in [1.165, 1.54) is 0 Å². The number of hydrogen-bond acceptors (Lipinski definition) is 2. The Hall–Kier alpha value is -2.39. The number of hydrogen-bond donors (Lipinski definition) is 2. The van der Waals surface area contributed by atoms with E-state index in [0.717, 1.165) is 11.1 Å². The monoisotopic (exact) mass is 266 g/mol. The van der Waals surface area contributed by atoms with E-state index in [0.29, 0.717) is 6.54 Å². The van der Waals surface area contributed by atoms with Gasteiger partial charge in [-0.25, -0.2) is 0 Å². The summed E-state index contributed by atoms with van der Waals surface area (Å²) >= 11 is 0. The van der Waals surface area contributed by atoms with Crippen molar-refractivity contribution in [2.75, 3.05) is 6.54 Å². The standard InChI is InChI=1S/C17H18N2O/c18-17(20)16(15-11-5-2-6-12-15)19-13-7-10-14-8-3-1-4-9-14/h1-12,16,19H,13H2,(H2,18,20)/b10-7+. The Morgan fingerprint density at radius 2 is 1.65 bits per heavy atom. The highest BCUT2D eigenvalue weighted by atomic mass is 16.1. The molecule has 0 aliphatic heterocycles. The Morgan fingerprint density at radius 1 is 1.05 bits per heavy atom. The summed E-state index contributed by atoms with van der Waals surface area (Å²) in [6, 6.07) is 19.0. The molecule has 20 heavy (non-hydrogen) atoms. The molecule has 0 radical (unpaired) electrons. The number of carbonyl (C=O) groups excluding carboxylic acids is 1. The molecule has 1 atom stereocenters. The molecule has 1 unspecified atom stereocenters. The van der Waals surface area contributed by atoms with Crippen molar-refractivity contribution in [2.24, 2.45) is 5.73 Å². The first-order valence-corrected chi connectivity index (χ1v) is 6.56. The van der Waals surface area contributed by atoms with E-state index in [9.17, 15) is 4.79 Å². The predicted molar refractivity (Wildman–Crippen MR) is 81.9 cm³/mol. The number of benzene rings is 2. The van der Waals surface area contributed by atoms with Gasteiger partial charge in [-0.1, -0.05) is 72.8 Å². The number of amides is 1. The Kier molecular flexibility index (Phi) is 5.09. The van der Waals surface area contributed by atoms with E-state index < -0.39 is 6.04 Å². The van der Waals surface area contributed by atoms with Gasteiger partial charge >= 0.3 is 0 Å². The zero-order valence-electron chi connectivity index (χ0n) is 11.2. The van der Waals surface area contributed by atoms with Gasteiger partial charge in [0, 0.05) is 6.54 Å². The zero-order chi connectivity index (χ0) is 14.2. The molecule has 3 nitrogen and oxygen atoms in total. The van der Waals surface area contributed by atoms with Crippen molar-refractivity contribution in [1.29, 1.82) is 0 Å². The summed E-state index contributed by atoms with van der Waals surface area (Å²) in [5, 5.41) is 3.14. The molecule has 0 aromatic heterocycles. The van der Waals surface area contributed by atoms with Gasteiger partial charge in [-0.05, 0) is 11.1 Å². The molecule has 0 fully saturated rings. The lowest BCUT2D eigenvalue weighted by molar-refractivity contribution is -0.120. The second kappa shape index (κ2) is 7.26. The second-order valence-electron chi connectivity index (χ2n) is 4.47. The first kappa shape index (κ1) is 14.0. The van der Waals surface area contributed by atoms with Crippen molar-refractivity contribution in [3.05, 3.63) is 77.9 Å². The van der Waals surface area contributed by atoms with E-state index in [4.69, 9.17) is 5.73 Å². The lowest BCUT2D eigenvalue weighted by Crippen LogP contribution is -2.33. The largest absolute Gasteiger partial charge is 0.368 e. The smallest absolute Gasteiger partial charge is 0.239 e. The van der Waals surface area contributed by atoms with Gasteiger partial charge in [-0.2, -0.15) is 0 Å². The fraction of sp³-hybridized carbons (Fsp3) is 0.118. The molecule has 3 N–H and O–H groups in total. The van der Waals surface area contributed by atoms with Crippen LogP contribution in [0, 0.1) is 0 Å². The normalized spacial score (nSPS) is 12.4. The van der Waals surface area contributed by atoms with Crippen LogP contribution < -0.4 is 11.1 Å². The molecule has 2 rings (SSSR count). The molecule has 0 aliphatic carbocycles. The van der Waals surface area contributed by atoms with Gasteiger partial charge in [0.25, 0.3) is 0 Å². The molecule has 2 aromatic carbocycles. The van der Waals surface area contributed by atoms with Gasteiger partial charge in [0.1, 0.15) is 6.04 Å². The number of nitrogens with two attached hydrogens (primary N) is 1. The maximum absolute atomic E-state index is 11.5. The highest BCUT2D eigenvalue weighted by Crippen LogP contribution is 2.11. The summed E-state index contributed by atoms with van der Waals surface area (Å²) in [6.45, 7) is 0.581. The van der Waals surface area contributed by atoms with Gasteiger partial charge in [0.05, 0.1) is 0 Å². The van der Waals surface area contributed by atoms with Crippen molar-refractivity contribution in [1.82, 2.24) is 5.32 Å². The van der Waals surface area contributed by atoms with Gasteiger partial charge in [-0.15, -0.1) is 0 Å². The Bertz CT molecular complexity index is 564. The minimum atomic E-state index is -0.461. The maximum Gasteiger partial charge on any atom is 0.239 e. The van der Waals surface area contributed by atoms with E-state index >= 15 is 0 Å². The SMILES string of the molecule is NC(=O)C(NC/C=C/c1ccccc1)c1ccccc1. The molecule has 0 aliphatic rings. The highest BCUT2D eigenvalue weighted by molar-refractivity contribution is 5.81. The van der Waals surface area contributed by atoms with Crippen molar-refractivity contribution in [3.8, 4) is 0 Å². The quantitative estimate of drug-likeness (QED) is 0.844. The van der Waals surface area contributed by atoms with Crippen LogP contribution in [0.5, 0.6) is 0 Å². The topological polar surface area (TPSA) is 55.1 Å². The lowest BCUT2D eigenvalue weighted by Gasteiger charge is -2.14. The molecule has 0 saturated carbocycles. The third-order valence-electron chi connectivity index (χ3n) is 2.97. The van der Waals surface area contributed by atoms with E-state index in [-0.39, 0.29) is 5.91 Å². The van der Waals surface area contributed by atoms with Crippen molar-refractivity contribution < 1.29 is 4.79 Å². The zero-order valence-corrected chi connectivity index (χ0v) is 11.2. The average Bonchev–Trinajstić information content (AvgIpc) is 2.49. The summed E-state index contributed by atoms with van der Waals surface area (Å²) in [5.74, 6) is -0.371. The number of carbonyl (C=O) groups is 1. The minimum Gasteiger partial charge on any atom is -0.368 e. The van der Waals surface area contributed by atoms with Crippen molar-refractivity contribution >= 4 is 12.0 Å². The number of rotatable bonds is 6. The van der Waals surface area contributed by atoms with Crippen LogP contribution in [0.25, 0.3) is 6.08 Å². The third kappa shape index (κ3) is 4.07. The van der Waals surface area contributed by atoms with E-state index in [1.807, 2.05) is 72.8 Å². The summed E-state index contributed by atoms with van der Waals surface area (Å²) < 4.78 is 0. The molecule has 1 amide bonds. The summed E-state index contributed by atoms with van der Waals surface area (Å²) in [5.41, 5.74) is 7.45. The number of primary amides is 1. The van der Waals surface area contributed by atoms with Crippen LogP contribution in [0.15, 0.2) is 66.7 Å². The fourth-order valence-corrected chi connectivity index (χ4v) is 1.97. The molecule has 102 valence electrons. The molecule has 0 heterocycles. The first-order chi connectivity index (χ1) is 9.77. The molecule has 0 saturated heterocycles. The molecule has 2 aromatic rings. The maximum atomic E-state index is 11.5. The third-order valence-corrected chi connectivity index (χ3v) is 2.97. The van der Waals surface area contributed by atoms with Crippen LogP contribution in [-0.4, -0.2) is 12.5 Å². The second-order valence-corrected chi connectivity index (χ2v) is 4.47. The average molecular weight is 266 g/mol. The fourth-order valence-electron chi connectivity index (χ4n) is 1.97. The summed E-state index contributed by atoms with van der Waals surface area (Å²) in [4.78, 5) is 11.5. The van der Waals surface area contributed by atoms with Crippen LogP contribution in [-0.2, 0) is 4.79 Å². The van der Waals surface area contributed by atoms with Crippen LogP contribution in [0.2, 0.25) is 0 Å². The van der Waals surface area contributed by atoms with Crippen LogP contribution in [0.3, 0.4) is 0 Å². The van der Waals surface area contributed by atoms with E-state index in [2.05, 4.69) is 5.32 Å². The van der Waals surface area contributed by atoms with E-state index in [1.54, 1.807) is 0 Å². The van der Waals surface area contributed by atoms with Crippen molar-refractivity contribution in [3.63, 3.8) is 0 Å². The Labute approximate surface area is 119 Å². The molecule has 0 bridgehead atoms. The summed E-state index contributed by atoms with van der Waals surface area (Å²) in [7, 11) is 0. The van der Waals surface area contributed by atoms with Gasteiger partial charge < -0.3 is 5.73 Å². The van der Waals surface area contributed by atoms with Crippen LogP contribution in [0.1, 0.15) is 17.2 Å². The lowest BCUT2D eigenvalue weighted by atomic mass is 10.1. The molecular weight excluding hydrogens is 248 g/mol. The Morgan fingerprint density at radius 3 is 2.25 bits per heavy atom. The van der Waals surface area contributed by atoms with Crippen molar-refractivity contribution in [2.45, 2.75) is 6.04 Å². The number of nitrogens with one attached hydrogen (secondary N) is 1. The molecular formula is C17H18N2O. The van der Waals surface area contributed by atoms with Gasteiger partial charge in [-0.3, -0.25) is 10.1 Å². The minimum absolute atomic E-state index is 0.371. The van der Waals surface area contributed by atoms with Gasteiger partial charge in [0.15, 0.2) is 0 Å². The molecule has 3 heteroatoms.